The first-order valence-electron chi connectivity index (χ1n) is 5.40. The van der Waals surface area contributed by atoms with Crippen molar-refractivity contribution in [2.24, 2.45) is 0 Å². The number of carbonyl (C=O) groups is 2. The first kappa shape index (κ1) is 14.3. The van der Waals surface area contributed by atoms with Gasteiger partial charge in [0.1, 0.15) is 12.3 Å². The Morgan fingerprint density at radius 1 is 1.32 bits per heavy atom. The normalized spacial score (nSPS) is 9.21. The first-order valence-corrected chi connectivity index (χ1v) is 5.40. The summed E-state index contributed by atoms with van der Waals surface area (Å²) < 4.78 is 9.76. The second kappa shape index (κ2) is 7.55. The van der Waals surface area contributed by atoms with Crippen LogP contribution in [0.25, 0.3) is 0 Å². The fraction of sp³-hybridized carbons (Fsp3) is 0.250. The predicted molar refractivity (Wildman–Crippen MR) is 65.9 cm³/mol. The summed E-state index contributed by atoms with van der Waals surface area (Å²) in [5, 5.41) is 10.5. The van der Waals surface area contributed by atoms with Gasteiger partial charge in [0, 0.05) is 0 Å². The second-order valence-corrected chi connectivity index (χ2v) is 3.42. The van der Waals surface area contributed by atoms with Crippen LogP contribution in [0.15, 0.2) is 24.3 Å². The topological polar surface area (TPSA) is 114 Å². The van der Waals surface area contributed by atoms with Gasteiger partial charge in [0.25, 0.3) is 5.91 Å². The fourth-order valence-electron chi connectivity index (χ4n) is 1.13. The molecule has 0 aliphatic heterocycles. The van der Waals surface area contributed by atoms with E-state index in [0.717, 1.165) is 0 Å². The van der Waals surface area contributed by atoms with E-state index in [1.165, 1.54) is 0 Å². The third-order valence-electron chi connectivity index (χ3n) is 1.99. The third kappa shape index (κ3) is 5.41. The number of anilines is 1. The molecule has 1 aromatic carbocycles. The number of carbonyl (C=O) groups excluding carboxylic acids is 2. The highest BCUT2D eigenvalue weighted by Crippen LogP contribution is 2.19. The molecule has 0 saturated heterocycles. The molecule has 0 heterocycles. The molecule has 7 heteroatoms. The second-order valence-electron chi connectivity index (χ2n) is 3.42. The molecule has 0 unspecified atom stereocenters. The summed E-state index contributed by atoms with van der Waals surface area (Å²) in [5.41, 5.74) is 6.02. The first-order chi connectivity index (χ1) is 9.13. The van der Waals surface area contributed by atoms with Gasteiger partial charge in [-0.15, -0.1) is 0 Å². The molecule has 0 spiro atoms. The summed E-state index contributed by atoms with van der Waals surface area (Å²) >= 11 is 0. The molecule has 0 aromatic heterocycles. The zero-order valence-electron chi connectivity index (χ0n) is 10.1. The lowest BCUT2D eigenvalue weighted by atomic mass is 10.3. The number of nitrogens with one attached hydrogen (secondary N) is 1. The molecular formula is C12H13N3O4. The van der Waals surface area contributed by atoms with E-state index < -0.39 is 18.5 Å². The van der Waals surface area contributed by atoms with Crippen molar-refractivity contribution >= 4 is 17.6 Å². The number of ether oxygens (including phenoxy) is 2. The molecule has 1 aromatic rings. The average molecular weight is 263 g/mol. The number of nitrogens with zero attached hydrogens (tertiary/aromatic N) is 1. The van der Waals surface area contributed by atoms with Gasteiger partial charge in [0.2, 0.25) is 0 Å². The zero-order chi connectivity index (χ0) is 14.1. The predicted octanol–water partition coefficient (Wildman–Crippen LogP) is -0.169. The van der Waals surface area contributed by atoms with E-state index >= 15 is 0 Å². The Labute approximate surface area is 109 Å². The van der Waals surface area contributed by atoms with Crippen LogP contribution in [0.1, 0.15) is 0 Å². The van der Waals surface area contributed by atoms with Crippen molar-refractivity contribution in [2.45, 2.75) is 0 Å². The Bertz CT molecular complexity index is 496. The highest BCUT2D eigenvalue weighted by Gasteiger charge is 2.08. The number of para-hydroxylation sites is 2. The molecule has 0 saturated carbocycles. The molecule has 0 aliphatic carbocycles. The molecule has 0 bridgehead atoms. The summed E-state index contributed by atoms with van der Waals surface area (Å²) in [4.78, 5) is 22.3. The quantitative estimate of drug-likeness (QED) is 0.418. The minimum atomic E-state index is -0.699. The molecule has 7 nitrogen and oxygen atoms in total. The number of nitrogens with two attached hydrogens (primary N) is 1. The van der Waals surface area contributed by atoms with Gasteiger partial charge in [-0.3, -0.25) is 4.79 Å². The Kier molecular flexibility index (Phi) is 5.69. The molecule has 3 N–H and O–H groups in total. The molecule has 0 radical (unpaired) electrons. The molecule has 0 fully saturated rings. The van der Waals surface area contributed by atoms with Crippen molar-refractivity contribution in [1.29, 1.82) is 5.26 Å². The summed E-state index contributed by atoms with van der Waals surface area (Å²) in [6.07, 6.45) is 0. The molecule has 1 amide bonds. The molecule has 0 aliphatic rings. The van der Waals surface area contributed by atoms with E-state index in [9.17, 15) is 9.59 Å². The van der Waals surface area contributed by atoms with Gasteiger partial charge in [-0.05, 0) is 12.1 Å². The van der Waals surface area contributed by atoms with Crippen LogP contribution >= 0.6 is 0 Å². The number of hydrogen-bond donors (Lipinski definition) is 2. The van der Waals surface area contributed by atoms with Crippen molar-refractivity contribution in [3.63, 3.8) is 0 Å². The van der Waals surface area contributed by atoms with Gasteiger partial charge in [-0.1, -0.05) is 12.1 Å². The van der Waals surface area contributed by atoms with Crippen molar-refractivity contribution in [2.75, 3.05) is 25.5 Å². The number of esters is 1. The van der Waals surface area contributed by atoms with Crippen LogP contribution < -0.4 is 15.8 Å². The summed E-state index contributed by atoms with van der Waals surface area (Å²) in [6.45, 7) is -0.929. The monoisotopic (exact) mass is 263 g/mol. The van der Waals surface area contributed by atoms with Crippen molar-refractivity contribution in [1.82, 2.24) is 5.32 Å². The Hall–Kier alpha value is -2.75. The third-order valence-corrected chi connectivity index (χ3v) is 1.99. The van der Waals surface area contributed by atoms with E-state index in [1.807, 2.05) is 0 Å². The van der Waals surface area contributed by atoms with Crippen LogP contribution in [0.4, 0.5) is 5.69 Å². The van der Waals surface area contributed by atoms with Crippen LogP contribution in [-0.4, -0.2) is 31.6 Å². The minimum Gasteiger partial charge on any atom is -0.480 e. The molecule has 19 heavy (non-hydrogen) atoms. The number of amides is 1. The van der Waals surface area contributed by atoms with Gasteiger partial charge >= 0.3 is 5.97 Å². The minimum absolute atomic E-state index is 0.132. The smallest absolute Gasteiger partial charge is 0.344 e. The van der Waals surface area contributed by atoms with Crippen molar-refractivity contribution in [3.8, 4) is 11.8 Å². The van der Waals surface area contributed by atoms with Gasteiger partial charge in [0.15, 0.2) is 13.2 Å². The fourth-order valence-corrected chi connectivity index (χ4v) is 1.13. The summed E-state index contributed by atoms with van der Waals surface area (Å²) in [7, 11) is 0. The van der Waals surface area contributed by atoms with E-state index in [0.29, 0.717) is 11.4 Å². The molecule has 0 atom stereocenters. The van der Waals surface area contributed by atoms with Crippen molar-refractivity contribution < 1.29 is 19.1 Å². The lowest BCUT2D eigenvalue weighted by molar-refractivity contribution is -0.150. The lowest BCUT2D eigenvalue weighted by Crippen LogP contribution is -2.30. The van der Waals surface area contributed by atoms with E-state index in [-0.39, 0.29) is 13.2 Å². The highest BCUT2D eigenvalue weighted by molar-refractivity contribution is 5.81. The number of rotatable bonds is 6. The maximum absolute atomic E-state index is 11.3. The number of benzene rings is 1. The van der Waals surface area contributed by atoms with Gasteiger partial charge in [0.05, 0.1) is 11.8 Å². The number of hydrogen-bond acceptors (Lipinski definition) is 6. The average Bonchev–Trinajstić information content (AvgIpc) is 2.42. The van der Waals surface area contributed by atoms with Crippen LogP contribution in [-0.2, 0) is 14.3 Å². The summed E-state index contributed by atoms with van der Waals surface area (Å²) in [5.74, 6) is -0.877. The summed E-state index contributed by atoms with van der Waals surface area (Å²) in [6, 6.07) is 8.43. The van der Waals surface area contributed by atoms with Gasteiger partial charge < -0.3 is 20.5 Å². The van der Waals surface area contributed by atoms with Crippen molar-refractivity contribution in [3.05, 3.63) is 24.3 Å². The zero-order valence-corrected chi connectivity index (χ0v) is 10.1. The standard InChI is InChI=1S/C12H13N3O4/c13-5-6-15-11(16)7-19-12(17)8-18-10-4-2-1-3-9(10)14/h1-4H,6-8,14H2,(H,15,16). The van der Waals surface area contributed by atoms with Crippen LogP contribution in [0.5, 0.6) is 5.75 Å². The van der Waals surface area contributed by atoms with Crippen LogP contribution in [0, 0.1) is 11.3 Å². The van der Waals surface area contributed by atoms with Gasteiger partial charge in [-0.25, -0.2) is 4.79 Å². The lowest BCUT2D eigenvalue weighted by Gasteiger charge is -2.08. The number of nitrogen functional groups attached to an aromatic ring is 1. The maximum atomic E-state index is 11.3. The maximum Gasteiger partial charge on any atom is 0.344 e. The largest absolute Gasteiger partial charge is 0.480 e. The van der Waals surface area contributed by atoms with Crippen LogP contribution in [0.3, 0.4) is 0 Å². The number of nitriles is 1. The Morgan fingerprint density at radius 3 is 2.74 bits per heavy atom. The van der Waals surface area contributed by atoms with E-state index in [1.54, 1.807) is 30.3 Å². The highest BCUT2D eigenvalue weighted by atomic mass is 16.6. The Balaban J connectivity index is 2.27. The van der Waals surface area contributed by atoms with Crippen LogP contribution in [0.2, 0.25) is 0 Å². The molecule has 100 valence electrons. The SMILES string of the molecule is N#CCNC(=O)COC(=O)COc1ccccc1N. The van der Waals surface area contributed by atoms with E-state index in [4.69, 9.17) is 15.7 Å². The molecule has 1 rings (SSSR count). The Morgan fingerprint density at radius 2 is 2.05 bits per heavy atom. The molecular weight excluding hydrogens is 250 g/mol. The van der Waals surface area contributed by atoms with Gasteiger partial charge in [-0.2, -0.15) is 5.26 Å². The van der Waals surface area contributed by atoms with E-state index in [2.05, 4.69) is 10.1 Å².